The number of esters is 2. The fourth-order valence-corrected chi connectivity index (χ4v) is 4.54. The van der Waals surface area contributed by atoms with Crippen LogP contribution in [0.1, 0.15) is 57.8 Å². The van der Waals surface area contributed by atoms with Gasteiger partial charge in [0.25, 0.3) is 5.91 Å². The van der Waals surface area contributed by atoms with Crippen molar-refractivity contribution in [1.29, 1.82) is 0 Å². The summed E-state index contributed by atoms with van der Waals surface area (Å²) in [5.41, 5.74) is -0.0894. The van der Waals surface area contributed by atoms with Crippen LogP contribution < -0.4 is 4.90 Å². The summed E-state index contributed by atoms with van der Waals surface area (Å²) in [6.07, 6.45) is 2.28. The maximum Gasteiger partial charge on any atom is 0.334 e. The first-order chi connectivity index (χ1) is 14.7. The molecule has 1 heterocycles. The number of nitrogens with zero attached hydrogens (tertiary/aromatic N) is 1. The molecule has 0 saturated carbocycles. The van der Waals surface area contributed by atoms with Crippen molar-refractivity contribution >= 4 is 52.4 Å². The van der Waals surface area contributed by atoms with Gasteiger partial charge in [0.05, 0.1) is 24.7 Å². The van der Waals surface area contributed by atoms with Gasteiger partial charge in [-0.2, -0.15) is 4.39 Å². The Morgan fingerprint density at radius 1 is 1.10 bits per heavy atom. The lowest BCUT2D eigenvalue weighted by Gasteiger charge is -2.24. The lowest BCUT2D eigenvalue weighted by Crippen LogP contribution is -2.38. The van der Waals surface area contributed by atoms with E-state index >= 15 is 0 Å². The largest absolute Gasteiger partial charge is 0.466 e. The lowest BCUT2D eigenvalue weighted by molar-refractivity contribution is -0.142. The van der Waals surface area contributed by atoms with Gasteiger partial charge in [-0.15, -0.1) is 11.3 Å². The number of carbonyl (C=O) groups is 4. The third-order valence-corrected chi connectivity index (χ3v) is 6.10. The summed E-state index contributed by atoms with van der Waals surface area (Å²) in [6, 6.07) is 0. The van der Waals surface area contributed by atoms with Crippen molar-refractivity contribution < 1.29 is 33.0 Å². The molecular formula is C21H25ClFNO6S. The van der Waals surface area contributed by atoms with Crippen molar-refractivity contribution in [3.05, 3.63) is 26.2 Å². The summed E-state index contributed by atoms with van der Waals surface area (Å²) >= 11 is 6.84. The molecule has 0 fully saturated rings. The third-order valence-electron chi connectivity index (χ3n) is 4.61. The van der Waals surface area contributed by atoms with Gasteiger partial charge in [0.2, 0.25) is 11.0 Å². The Labute approximate surface area is 189 Å². The summed E-state index contributed by atoms with van der Waals surface area (Å²) in [6.45, 7) is 4.95. The van der Waals surface area contributed by atoms with E-state index in [-0.39, 0.29) is 47.1 Å². The highest BCUT2D eigenvalue weighted by molar-refractivity contribution is 7.11. The van der Waals surface area contributed by atoms with Crippen LogP contribution in [0.25, 0.3) is 0 Å². The maximum atomic E-state index is 14.8. The molecule has 2 rings (SSSR count). The molecule has 0 saturated heterocycles. The SMILES string of the molecule is CCCOC(=O)C1=C(C(=O)N(C(C)=O)c2c(F)sc(CC(=O)OCC)c2Cl)CCCC1. The van der Waals surface area contributed by atoms with E-state index in [1.807, 2.05) is 6.92 Å². The first-order valence-corrected chi connectivity index (χ1v) is 11.3. The number of ether oxygens (including phenoxy) is 2. The molecule has 0 spiro atoms. The quantitative estimate of drug-likeness (QED) is 0.521. The molecular weight excluding hydrogens is 449 g/mol. The Hall–Kier alpha value is -2.26. The fraction of sp³-hybridized carbons (Fsp3) is 0.524. The molecule has 0 atom stereocenters. The molecule has 1 aromatic rings. The normalized spacial score (nSPS) is 13.7. The third kappa shape index (κ3) is 5.92. The number of amides is 2. The summed E-state index contributed by atoms with van der Waals surface area (Å²) in [7, 11) is 0. The van der Waals surface area contributed by atoms with Crippen LogP contribution in [0.3, 0.4) is 0 Å². The predicted molar refractivity (Wildman–Crippen MR) is 115 cm³/mol. The van der Waals surface area contributed by atoms with Crippen LogP contribution >= 0.6 is 22.9 Å². The number of halogens is 2. The Balaban J connectivity index is 2.46. The maximum absolute atomic E-state index is 14.8. The van der Waals surface area contributed by atoms with Crippen LogP contribution in [-0.2, 0) is 35.1 Å². The second-order valence-corrected chi connectivity index (χ2v) is 8.34. The fourth-order valence-electron chi connectivity index (χ4n) is 3.25. The van der Waals surface area contributed by atoms with Gasteiger partial charge in [-0.3, -0.25) is 14.4 Å². The van der Waals surface area contributed by atoms with Gasteiger partial charge in [0, 0.05) is 22.9 Å². The number of imide groups is 1. The minimum absolute atomic E-state index is 0.121. The smallest absolute Gasteiger partial charge is 0.334 e. The van der Waals surface area contributed by atoms with E-state index in [4.69, 9.17) is 21.1 Å². The summed E-state index contributed by atoms with van der Waals surface area (Å²) in [5.74, 6) is -2.77. The molecule has 0 aromatic carbocycles. The van der Waals surface area contributed by atoms with E-state index in [0.29, 0.717) is 41.9 Å². The molecule has 1 aliphatic rings. The second kappa shape index (κ2) is 11.4. The molecule has 170 valence electrons. The number of hydrogen-bond acceptors (Lipinski definition) is 7. The van der Waals surface area contributed by atoms with Crippen LogP contribution in [0.4, 0.5) is 10.1 Å². The Morgan fingerprint density at radius 2 is 1.74 bits per heavy atom. The molecule has 0 N–H and O–H groups in total. The average molecular weight is 474 g/mol. The van der Waals surface area contributed by atoms with Crippen LogP contribution in [-0.4, -0.2) is 37.0 Å². The number of thiophene rings is 1. The molecule has 31 heavy (non-hydrogen) atoms. The molecule has 0 aliphatic heterocycles. The van der Waals surface area contributed by atoms with Crippen molar-refractivity contribution in [1.82, 2.24) is 0 Å². The van der Waals surface area contributed by atoms with Gasteiger partial charge in [-0.05, 0) is 39.0 Å². The summed E-state index contributed by atoms with van der Waals surface area (Å²) in [5, 5.41) is -1.08. The predicted octanol–water partition coefficient (Wildman–Crippen LogP) is 4.35. The van der Waals surface area contributed by atoms with Crippen LogP contribution in [0.15, 0.2) is 11.1 Å². The van der Waals surface area contributed by atoms with E-state index in [1.165, 1.54) is 0 Å². The van der Waals surface area contributed by atoms with Crippen molar-refractivity contribution in [3.8, 4) is 0 Å². The van der Waals surface area contributed by atoms with Crippen LogP contribution in [0, 0.1) is 5.13 Å². The van der Waals surface area contributed by atoms with Crippen molar-refractivity contribution in [3.63, 3.8) is 0 Å². The molecule has 2 amide bonds. The van der Waals surface area contributed by atoms with Crippen molar-refractivity contribution in [2.75, 3.05) is 18.1 Å². The lowest BCUT2D eigenvalue weighted by atomic mass is 9.90. The molecule has 0 unspecified atom stereocenters. The molecule has 1 aromatic heterocycles. The first-order valence-electron chi connectivity index (χ1n) is 10.1. The standard InChI is InChI=1S/C21H25ClFNO6S/c1-4-10-30-21(28)14-9-7-6-8-13(14)20(27)24(12(3)25)18-17(22)15(31-19(18)23)11-16(26)29-5-2/h4-11H2,1-3H3. The van der Waals surface area contributed by atoms with Crippen molar-refractivity contribution in [2.24, 2.45) is 0 Å². The monoisotopic (exact) mass is 473 g/mol. The zero-order valence-electron chi connectivity index (χ0n) is 17.7. The number of carbonyl (C=O) groups excluding carboxylic acids is 4. The Morgan fingerprint density at radius 3 is 2.32 bits per heavy atom. The first kappa shape index (κ1) is 25.0. The van der Waals surface area contributed by atoms with Gasteiger partial charge in [0.1, 0.15) is 5.69 Å². The summed E-state index contributed by atoms with van der Waals surface area (Å²) < 4.78 is 24.8. The van der Waals surface area contributed by atoms with Gasteiger partial charge in [-0.25, -0.2) is 9.69 Å². The molecule has 1 aliphatic carbocycles. The Bertz CT molecular complexity index is 910. The van der Waals surface area contributed by atoms with E-state index < -0.39 is 34.6 Å². The topological polar surface area (TPSA) is 90.0 Å². The molecule has 0 bridgehead atoms. The highest BCUT2D eigenvalue weighted by Crippen LogP contribution is 2.41. The number of hydrogen-bond donors (Lipinski definition) is 0. The van der Waals surface area contributed by atoms with E-state index in [2.05, 4.69) is 0 Å². The van der Waals surface area contributed by atoms with Gasteiger partial charge >= 0.3 is 11.9 Å². The minimum atomic E-state index is -0.876. The molecule has 7 nitrogen and oxygen atoms in total. The van der Waals surface area contributed by atoms with Crippen LogP contribution in [0.2, 0.25) is 5.02 Å². The van der Waals surface area contributed by atoms with Gasteiger partial charge in [-0.1, -0.05) is 18.5 Å². The number of anilines is 1. The highest BCUT2D eigenvalue weighted by Gasteiger charge is 2.35. The molecule has 10 heteroatoms. The highest BCUT2D eigenvalue weighted by atomic mass is 35.5. The number of rotatable bonds is 8. The van der Waals surface area contributed by atoms with Crippen LogP contribution in [0.5, 0.6) is 0 Å². The molecule has 0 radical (unpaired) electrons. The van der Waals surface area contributed by atoms with Gasteiger partial charge < -0.3 is 9.47 Å². The van der Waals surface area contributed by atoms with Gasteiger partial charge in [0.15, 0.2) is 0 Å². The van der Waals surface area contributed by atoms with E-state index in [1.54, 1.807) is 6.92 Å². The van der Waals surface area contributed by atoms with Crippen molar-refractivity contribution in [2.45, 2.75) is 59.3 Å². The average Bonchev–Trinajstić information content (AvgIpc) is 2.99. The summed E-state index contributed by atoms with van der Waals surface area (Å²) in [4.78, 5) is 50.7. The minimum Gasteiger partial charge on any atom is -0.466 e. The zero-order chi connectivity index (χ0) is 23.1. The van der Waals surface area contributed by atoms with E-state index in [9.17, 15) is 23.6 Å². The Kier molecular flexibility index (Phi) is 9.18. The van der Waals surface area contributed by atoms with E-state index in [0.717, 1.165) is 6.92 Å². The zero-order valence-corrected chi connectivity index (χ0v) is 19.3. The second-order valence-electron chi connectivity index (χ2n) is 6.90.